The predicted octanol–water partition coefficient (Wildman–Crippen LogP) is 3.62. The van der Waals surface area contributed by atoms with E-state index in [2.05, 4.69) is 29.8 Å². The van der Waals surface area contributed by atoms with E-state index in [-0.39, 0.29) is 5.60 Å². The van der Waals surface area contributed by atoms with Crippen molar-refractivity contribution in [3.05, 3.63) is 22.4 Å². The monoisotopic (exact) mass is 267 g/mol. The van der Waals surface area contributed by atoms with Crippen LogP contribution in [-0.4, -0.2) is 25.3 Å². The summed E-state index contributed by atoms with van der Waals surface area (Å²) in [7, 11) is 1.88. The number of aryl methyl sites for hydroxylation is 1. The van der Waals surface area contributed by atoms with Gasteiger partial charge in [0.15, 0.2) is 0 Å². The number of ether oxygens (including phenoxy) is 1. The van der Waals surface area contributed by atoms with Gasteiger partial charge in [0.2, 0.25) is 0 Å². The molecule has 1 saturated carbocycles. The minimum absolute atomic E-state index is 0.117. The molecule has 2 rings (SSSR count). The molecular weight excluding hydrogens is 242 g/mol. The minimum atomic E-state index is 0.117. The molecule has 3 heteroatoms. The van der Waals surface area contributed by atoms with E-state index >= 15 is 0 Å². The highest BCUT2D eigenvalue weighted by atomic mass is 32.1. The third-order valence-corrected chi connectivity index (χ3v) is 5.08. The number of thiophene rings is 1. The van der Waals surface area contributed by atoms with Crippen LogP contribution in [0.3, 0.4) is 0 Å². The molecule has 1 aliphatic rings. The third kappa shape index (κ3) is 3.14. The van der Waals surface area contributed by atoms with Crippen molar-refractivity contribution < 1.29 is 4.74 Å². The maximum Gasteiger partial charge on any atom is 0.0831 e. The lowest BCUT2D eigenvalue weighted by Crippen LogP contribution is -2.56. The Morgan fingerprint density at radius 3 is 2.83 bits per heavy atom. The highest BCUT2D eigenvalue weighted by molar-refractivity contribution is 7.09. The van der Waals surface area contributed by atoms with Gasteiger partial charge in [-0.3, -0.25) is 0 Å². The third-order valence-electron chi connectivity index (χ3n) is 4.14. The summed E-state index contributed by atoms with van der Waals surface area (Å²) < 4.78 is 5.84. The first-order valence-corrected chi connectivity index (χ1v) is 7.99. The van der Waals surface area contributed by atoms with Gasteiger partial charge in [-0.2, -0.15) is 0 Å². The first-order chi connectivity index (χ1) is 8.80. The van der Waals surface area contributed by atoms with Crippen molar-refractivity contribution in [2.24, 2.45) is 0 Å². The van der Waals surface area contributed by atoms with Crippen LogP contribution in [0.2, 0.25) is 0 Å². The molecule has 102 valence electrons. The lowest BCUT2D eigenvalue weighted by Gasteiger charge is -2.47. The van der Waals surface area contributed by atoms with Gasteiger partial charge >= 0.3 is 0 Å². The summed E-state index contributed by atoms with van der Waals surface area (Å²) in [5, 5.41) is 5.87. The smallest absolute Gasteiger partial charge is 0.0831 e. The molecule has 1 fully saturated rings. The molecule has 1 heterocycles. The Kier molecular flexibility index (Phi) is 5.22. The van der Waals surface area contributed by atoms with Crippen LogP contribution in [0.25, 0.3) is 0 Å². The van der Waals surface area contributed by atoms with Crippen LogP contribution in [0.1, 0.15) is 43.9 Å². The van der Waals surface area contributed by atoms with Crippen molar-refractivity contribution in [1.29, 1.82) is 0 Å². The SMILES string of the molecule is CCCNC(CCc1cccs1)C1(OC)CCC1. The standard InChI is InChI=1S/C15H25NOS/c1-3-11-16-14(15(17-2)9-5-10-15)8-7-13-6-4-12-18-13/h4,6,12,14,16H,3,5,7-11H2,1-2H3. The second-order valence-corrected chi connectivity index (χ2v) is 6.28. The van der Waals surface area contributed by atoms with Crippen molar-refractivity contribution in [2.45, 2.75) is 57.1 Å². The average Bonchev–Trinajstić information content (AvgIpc) is 2.84. The fourth-order valence-electron chi connectivity index (χ4n) is 2.83. The van der Waals surface area contributed by atoms with Gasteiger partial charge in [0.1, 0.15) is 0 Å². The van der Waals surface area contributed by atoms with Crippen LogP contribution in [0.4, 0.5) is 0 Å². The Labute approximate surface area is 115 Å². The fraction of sp³-hybridized carbons (Fsp3) is 0.733. The fourth-order valence-corrected chi connectivity index (χ4v) is 3.56. The molecule has 0 amide bonds. The van der Waals surface area contributed by atoms with Crippen LogP contribution in [-0.2, 0) is 11.2 Å². The van der Waals surface area contributed by atoms with Crippen LogP contribution >= 0.6 is 11.3 Å². The molecule has 2 nitrogen and oxygen atoms in total. The molecule has 0 saturated heterocycles. The molecule has 1 aliphatic carbocycles. The lowest BCUT2D eigenvalue weighted by molar-refractivity contribution is -0.0997. The second-order valence-electron chi connectivity index (χ2n) is 5.25. The van der Waals surface area contributed by atoms with Crippen LogP contribution in [0.15, 0.2) is 17.5 Å². The molecule has 1 unspecified atom stereocenters. The summed E-state index contributed by atoms with van der Waals surface area (Å²) >= 11 is 1.86. The quantitative estimate of drug-likeness (QED) is 0.777. The van der Waals surface area contributed by atoms with E-state index in [4.69, 9.17) is 4.74 Å². The van der Waals surface area contributed by atoms with Crippen molar-refractivity contribution >= 4 is 11.3 Å². The van der Waals surface area contributed by atoms with Gasteiger partial charge in [0.25, 0.3) is 0 Å². The summed E-state index contributed by atoms with van der Waals surface area (Å²) in [4.78, 5) is 1.49. The van der Waals surface area contributed by atoms with Crippen LogP contribution in [0.5, 0.6) is 0 Å². The van der Waals surface area contributed by atoms with E-state index in [0.29, 0.717) is 6.04 Å². The number of nitrogens with one attached hydrogen (secondary N) is 1. The Balaban J connectivity index is 1.91. The van der Waals surface area contributed by atoms with Gasteiger partial charge in [0.05, 0.1) is 5.60 Å². The molecule has 0 radical (unpaired) electrons. The topological polar surface area (TPSA) is 21.3 Å². The zero-order valence-electron chi connectivity index (χ0n) is 11.6. The highest BCUT2D eigenvalue weighted by Crippen LogP contribution is 2.39. The Bertz CT molecular complexity index is 327. The summed E-state index contributed by atoms with van der Waals surface area (Å²) in [6.07, 6.45) is 7.30. The summed E-state index contributed by atoms with van der Waals surface area (Å²) in [5.41, 5.74) is 0.117. The first-order valence-electron chi connectivity index (χ1n) is 7.11. The lowest BCUT2D eigenvalue weighted by atomic mass is 9.73. The molecule has 1 aromatic heterocycles. The second kappa shape index (κ2) is 6.69. The Morgan fingerprint density at radius 1 is 1.50 bits per heavy atom. The van der Waals surface area contributed by atoms with Gasteiger partial charge < -0.3 is 10.1 Å². The van der Waals surface area contributed by atoms with Crippen LogP contribution in [0, 0.1) is 0 Å². The molecule has 1 N–H and O–H groups in total. The first kappa shape index (κ1) is 14.0. The molecule has 0 bridgehead atoms. The van der Waals surface area contributed by atoms with E-state index in [1.165, 1.54) is 43.4 Å². The molecule has 18 heavy (non-hydrogen) atoms. The van der Waals surface area contributed by atoms with E-state index in [1.54, 1.807) is 0 Å². The molecule has 1 atom stereocenters. The molecule has 0 aliphatic heterocycles. The predicted molar refractivity (Wildman–Crippen MR) is 78.3 cm³/mol. The van der Waals surface area contributed by atoms with Gasteiger partial charge in [0, 0.05) is 18.0 Å². The maximum atomic E-state index is 5.84. The number of hydrogen-bond donors (Lipinski definition) is 1. The van der Waals surface area contributed by atoms with Crippen molar-refractivity contribution in [2.75, 3.05) is 13.7 Å². The zero-order chi connectivity index (χ0) is 12.8. The number of hydrogen-bond acceptors (Lipinski definition) is 3. The van der Waals surface area contributed by atoms with E-state index < -0.39 is 0 Å². The Morgan fingerprint density at radius 2 is 2.33 bits per heavy atom. The maximum absolute atomic E-state index is 5.84. The van der Waals surface area contributed by atoms with E-state index in [0.717, 1.165) is 6.54 Å². The summed E-state index contributed by atoms with van der Waals surface area (Å²) in [6.45, 7) is 3.32. The Hall–Kier alpha value is -0.380. The van der Waals surface area contributed by atoms with Gasteiger partial charge in [-0.15, -0.1) is 11.3 Å². The van der Waals surface area contributed by atoms with E-state index in [9.17, 15) is 0 Å². The minimum Gasteiger partial charge on any atom is -0.377 e. The average molecular weight is 267 g/mol. The summed E-state index contributed by atoms with van der Waals surface area (Å²) in [5.74, 6) is 0. The molecule has 1 aromatic rings. The molecular formula is C15H25NOS. The van der Waals surface area contributed by atoms with Gasteiger partial charge in [-0.05, 0) is 56.5 Å². The van der Waals surface area contributed by atoms with Crippen molar-refractivity contribution in [3.63, 3.8) is 0 Å². The van der Waals surface area contributed by atoms with Gasteiger partial charge in [-0.25, -0.2) is 0 Å². The molecule has 0 aromatic carbocycles. The van der Waals surface area contributed by atoms with E-state index in [1.807, 2.05) is 18.4 Å². The molecule has 0 spiro atoms. The number of methoxy groups -OCH3 is 1. The van der Waals surface area contributed by atoms with Crippen molar-refractivity contribution in [1.82, 2.24) is 5.32 Å². The highest BCUT2D eigenvalue weighted by Gasteiger charge is 2.43. The zero-order valence-corrected chi connectivity index (χ0v) is 12.4. The van der Waals surface area contributed by atoms with Crippen molar-refractivity contribution in [3.8, 4) is 0 Å². The summed E-state index contributed by atoms with van der Waals surface area (Å²) in [6, 6.07) is 4.89. The van der Waals surface area contributed by atoms with Crippen LogP contribution < -0.4 is 5.32 Å². The number of rotatable bonds is 8. The normalized spacial score (nSPS) is 19.4. The van der Waals surface area contributed by atoms with Gasteiger partial charge in [-0.1, -0.05) is 13.0 Å². The largest absolute Gasteiger partial charge is 0.377 e.